The molecule has 2 heterocycles. The average molecular weight is 860 g/mol. The number of hydrogen-bond acceptors (Lipinski definition) is 13. The van der Waals surface area contributed by atoms with Crippen molar-refractivity contribution in [2.75, 3.05) is 39.5 Å². The lowest BCUT2D eigenvalue weighted by Gasteiger charge is -2.21. The summed E-state index contributed by atoms with van der Waals surface area (Å²) < 4.78 is 20.2. The standard InChI is InChI=1S/C16H24BN3O6.C15H23BN2O5.2C5H10O/c1-3-12(15(22)23)19-14(21)13(9-18-17(2)25)20-16(24)26-10-11-7-5-4-6-8-11;1-16(22)17-10-6-5-9-13(14(19)20)18-15(21)23-11-12-7-3-2-4-8-12;2*1-2-4-6-5-3-1/h4-8,12-13,18,25H,3,9-10H2,1-2H3,(H,19,21)(H,20,24)(H,22,23);2-4,7-8,13,17,22H,5-6,9-11H2,1H3,(H,18,21)(H,19,20);2*1-5H2. The highest BCUT2D eigenvalue weighted by atomic mass is 16.6. The highest BCUT2D eigenvalue weighted by molar-refractivity contribution is 6.45. The summed E-state index contributed by atoms with van der Waals surface area (Å²) in [5, 5.41) is 49.0. The summed E-state index contributed by atoms with van der Waals surface area (Å²) in [5.74, 6) is -2.95. The zero-order chi connectivity index (χ0) is 45.1. The van der Waals surface area contributed by atoms with Gasteiger partial charge >= 0.3 is 38.2 Å². The number of carboxylic acid groups (broad SMARTS) is 2. The molecule has 2 aromatic carbocycles. The minimum atomic E-state index is -1.17. The van der Waals surface area contributed by atoms with E-state index < -0.39 is 62.3 Å². The number of alkyl carbamates (subject to hydrolysis) is 2. The zero-order valence-electron chi connectivity index (χ0n) is 35.9. The largest absolute Gasteiger partial charge is 0.480 e. The van der Waals surface area contributed by atoms with Crippen molar-refractivity contribution in [3.63, 3.8) is 0 Å². The van der Waals surface area contributed by atoms with Gasteiger partial charge in [0.05, 0.1) is 0 Å². The Morgan fingerprint density at radius 3 is 1.43 bits per heavy atom. The molecule has 340 valence electrons. The van der Waals surface area contributed by atoms with Crippen LogP contribution in [0.25, 0.3) is 0 Å². The first-order chi connectivity index (χ1) is 29.3. The fraction of sp³-hybridized carbons (Fsp3) is 0.585. The molecule has 3 unspecified atom stereocenters. The Bertz CT molecular complexity index is 1440. The van der Waals surface area contributed by atoms with Gasteiger partial charge in [-0.05, 0) is 95.5 Å². The van der Waals surface area contributed by atoms with Gasteiger partial charge in [-0.15, -0.1) is 0 Å². The van der Waals surface area contributed by atoms with Crippen LogP contribution in [0.3, 0.4) is 0 Å². The first-order valence-corrected chi connectivity index (χ1v) is 21.0. The fourth-order valence-corrected chi connectivity index (χ4v) is 5.34. The molecule has 61 heavy (non-hydrogen) atoms. The Balaban J connectivity index is 0.000000478. The molecule has 4 rings (SSSR count). The number of carbonyl (C=O) groups excluding carboxylic acids is 3. The Hall–Kier alpha value is -4.72. The molecule has 2 aliphatic rings. The lowest BCUT2D eigenvalue weighted by Crippen LogP contribution is -2.56. The third kappa shape index (κ3) is 30.0. The summed E-state index contributed by atoms with van der Waals surface area (Å²) in [6, 6.07) is 15.0. The van der Waals surface area contributed by atoms with Gasteiger partial charge in [0.1, 0.15) is 31.3 Å². The molecule has 2 saturated heterocycles. The van der Waals surface area contributed by atoms with Crippen LogP contribution < -0.4 is 26.4 Å². The van der Waals surface area contributed by atoms with Gasteiger partial charge in [0, 0.05) is 33.0 Å². The first-order valence-electron chi connectivity index (χ1n) is 21.0. The van der Waals surface area contributed by atoms with Crippen LogP contribution in [0, 0.1) is 0 Å². The lowest BCUT2D eigenvalue weighted by atomic mass is 9.88. The number of hydrogen-bond donors (Lipinski definition) is 9. The van der Waals surface area contributed by atoms with E-state index in [1.807, 2.05) is 36.4 Å². The first kappa shape index (κ1) is 54.3. The number of ether oxygens (including phenoxy) is 4. The SMILES string of the molecule is C1CCOCC1.C1CCOCC1.CB(O)NCCCCC(NC(=O)OCc1ccccc1)C(=O)O.CCC(NC(=O)C(CNB(C)O)NC(=O)OCc1ccccc1)C(=O)O. The van der Waals surface area contributed by atoms with Gasteiger partial charge in [-0.3, -0.25) is 4.79 Å². The van der Waals surface area contributed by atoms with Gasteiger partial charge in [-0.25, -0.2) is 19.2 Å². The van der Waals surface area contributed by atoms with Crippen LogP contribution in [0.15, 0.2) is 60.7 Å². The maximum atomic E-state index is 12.3. The predicted molar refractivity (Wildman–Crippen MR) is 231 cm³/mol. The summed E-state index contributed by atoms with van der Waals surface area (Å²) in [5.41, 5.74) is 1.61. The van der Waals surface area contributed by atoms with Crippen LogP contribution in [0.4, 0.5) is 9.59 Å². The molecule has 9 N–H and O–H groups in total. The van der Waals surface area contributed by atoms with E-state index in [0.29, 0.717) is 25.8 Å². The number of carbonyl (C=O) groups is 5. The van der Waals surface area contributed by atoms with Crippen molar-refractivity contribution in [2.24, 2.45) is 0 Å². The van der Waals surface area contributed by atoms with E-state index in [1.54, 1.807) is 38.0 Å². The predicted octanol–water partition coefficient (Wildman–Crippen LogP) is 3.57. The lowest BCUT2D eigenvalue weighted by molar-refractivity contribution is -0.142. The van der Waals surface area contributed by atoms with E-state index in [1.165, 1.54) is 45.3 Å². The molecule has 2 fully saturated rings. The van der Waals surface area contributed by atoms with Crippen LogP contribution >= 0.6 is 0 Å². The van der Waals surface area contributed by atoms with E-state index in [-0.39, 0.29) is 26.2 Å². The molecule has 18 nitrogen and oxygen atoms in total. The molecule has 20 heteroatoms. The smallest absolute Gasteiger partial charge is 0.408 e. The monoisotopic (exact) mass is 859 g/mol. The minimum absolute atomic E-state index is 0.0254. The number of rotatable bonds is 20. The van der Waals surface area contributed by atoms with Gasteiger partial charge in [0.2, 0.25) is 5.91 Å². The third-order valence-electron chi connectivity index (χ3n) is 8.78. The molecule has 3 amide bonds. The van der Waals surface area contributed by atoms with Crippen molar-refractivity contribution in [1.29, 1.82) is 0 Å². The topological polar surface area (TPSA) is 263 Å². The van der Waals surface area contributed by atoms with Crippen molar-refractivity contribution >= 4 is 44.1 Å². The fourth-order valence-electron chi connectivity index (χ4n) is 5.34. The number of nitrogens with one attached hydrogen (secondary N) is 5. The summed E-state index contributed by atoms with van der Waals surface area (Å²) in [6.07, 6.45) is 8.09. The second-order valence-electron chi connectivity index (χ2n) is 14.2. The average Bonchev–Trinajstić information content (AvgIpc) is 3.27. The molecule has 0 bridgehead atoms. The molecular weight excluding hydrogens is 792 g/mol. The van der Waals surface area contributed by atoms with Crippen LogP contribution in [0.2, 0.25) is 13.6 Å². The number of benzene rings is 2. The molecule has 0 aromatic heterocycles. The second-order valence-corrected chi connectivity index (χ2v) is 14.2. The van der Waals surface area contributed by atoms with Crippen LogP contribution in [0.5, 0.6) is 0 Å². The summed E-state index contributed by atoms with van der Waals surface area (Å²) in [4.78, 5) is 58.1. The van der Waals surface area contributed by atoms with Gasteiger partial charge in [-0.2, -0.15) is 0 Å². The maximum absolute atomic E-state index is 12.3. The minimum Gasteiger partial charge on any atom is -0.480 e. The van der Waals surface area contributed by atoms with E-state index >= 15 is 0 Å². The van der Waals surface area contributed by atoms with Gasteiger partial charge < -0.3 is 65.6 Å². The Morgan fingerprint density at radius 2 is 1.07 bits per heavy atom. The molecule has 2 aromatic rings. The van der Waals surface area contributed by atoms with E-state index in [9.17, 15) is 29.0 Å². The third-order valence-corrected chi connectivity index (χ3v) is 8.78. The Morgan fingerprint density at radius 1 is 0.623 bits per heavy atom. The molecule has 2 aliphatic heterocycles. The number of aliphatic carboxylic acids is 2. The van der Waals surface area contributed by atoms with Crippen LogP contribution in [0.1, 0.15) is 82.3 Å². The summed E-state index contributed by atoms with van der Waals surface area (Å²) >= 11 is 0. The highest BCUT2D eigenvalue weighted by Gasteiger charge is 2.27. The van der Waals surface area contributed by atoms with Crippen molar-refractivity contribution in [2.45, 2.75) is 116 Å². The van der Waals surface area contributed by atoms with Gasteiger partial charge in [0.25, 0.3) is 0 Å². The van der Waals surface area contributed by atoms with Crippen molar-refractivity contribution in [1.82, 2.24) is 26.4 Å². The molecule has 0 radical (unpaired) electrons. The zero-order valence-corrected chi connectivity index (χ0v) is 35.9. The molecule has 3 atom stereocenters. The van der Waals surface area contributed by atoms with E-state index in [4.69, 9.17) is 34.2 Å². The maximum Gasteiger partial charge on any atom is 0.408 e. The quantitative estimate of drug-likeness (QED) is 0.0681. The molecule has 0 saturated carbocycles. The van der Waals surface area contributed by atoms with Crippen LogP contribution in [-0.2, 0) is 46.5 Å². The number of amides is 3. The number of unbranched alkanes of at least 4 members (excludes halogenated alkanes) is 1. The normalized spacial score (nSPS) is 14.4. The summed E-state index contributed by atoms with van der Waals surface area (Å²) in [6.45, 7) is 9.29. The molecular formula is C41H67B2N5O13. The van der Waals surface area contributed by atoms with E-state index in [0.717, 1.165) is 37.6 Å². The van der Waals surface area contributed by atoms with Crippen molar-refractivity contribution in [3.8, 4) is 0 Å². The van der Waals surface area contributed by atoms with Gasteiger partial charge in [-0.1, -0.05) is 67.6 Å². The van der Waals surface area contributed by atoms with Crippen molar-refractivity contribution < 1.29 is 63.2 Å². The molecule has 0 aliphatic carbocycles. The summed E-state index contributed by atoms with van der Waals surface area (Å²) in [7, 11) is -1.50. The highest BCUT2D eigenvalue weighted by Crippen LogP contribution is 2.06. The van der Waals surface area contributed by atoms with E-state index in [2.05, 4.69) is 26.4 Å². The van der Waals surface area contributed by atoms with Crippen molar-refractivity contribution in [3.05, 3.63) is 71.8 Å². The second kappa shape index (κ2) is 34.9. The van der Waals surface area contributed by atoms with Crippen LogP contribution in [-0.4, -0.2) is 122 Å². The molecule has 0 spiro atoms. The Kier molecular flexibility index (Phi) is 31.1. The Labute approximate surface area is 360 Å². The number of carboxylic acids is 2. The van der Waals surface area contributed by atoms with Gasteiger partial charge in [0.15, 0.2) is 0 Å².